The van der Waals surface area contributed by atoms with Crippen LogP contribution in [0.25, 0.3) is 0 Å². The zero-order valence-corrected chi connectivity index (χ0v) is 13.1. The second-order valence-corrected chi connectivity index (χ2v) is 8.79. The molecule has 1 rings (SSSR count). The molecule has 0 bridgehead atoms. The lowest BCUT2D eigenvalue weighted by molar-refractivity contribution is 0.0437. The Bertz CT molecular complexity index is 461. The van der Waals surface area contributed by atoms with Gasteiger partial charge in [0.1, 0.15) is 5.60 Å². The van der Waals surface area contributed by atoms with Crippen LogP contribution >= 0.6 is 23.2 Å². The fraction of sp³-hybridized carbons (Fsp3) is 0.900. The molecule has 1 fully saturated rings. The van der Waals surface area contributed by atoms with Crippen molar-refractivity contribution < 1.29 is 21.8 Å². The number of hydrogen-bond acceptors (Lipinski definition) is 4. The Kier molecular flexibility index (Phi) is 4.64. The van der Waals surface area contributed by atoms with Crippen LogP contribution in [0.2, 0.25) is 0 Å². The summed E-state index contributed by atoms with van der Waals surface area (Å²) in [6.07, 6.45) is 0.0413. The summed E-state index contributed by atoms with van der Waals surface area (Å²) in [5, 5.41) is 2.44. The number of ether oxygens (including phenoxy) is 1. The van der Waals surface area contributed by atoms with Gasteiger partial charge < -0.3 is 10.1 Å². The number of carbonyl (C=O) groups excluding carboxylic acids is 1. The Morgan fingerprint density at radius 3 is 2.16 bits per heavy atom. The molecule has 5 nitrogen and oxygen atoms in total. The number of alkyl carbamates (subject to hydrolysis) is 1. The minimum absolute atomic E-state index is 0.302. The van der Waals surface area contributed by atoms with Crippen molar-refractivity contribution in [2.24, 2.45) is 5.92 Å². The van der Waals surface area contributed by atoms with Crippen LogP contribution in [-0.2, 0) is 15.0 Å². The van der Waals surface area contributed by atoms with Gasteiger partial charge in [-0.25, -0.2) is 4.79 Å². The van der Waals surface area contributed by atoms with Gasteiger partial charge in [-0.1, -0.05) is 23.2 Å². The topological polar surface area (TPSA) is 72.5 Å². The number of halogens is 3. The van der Waals surface area contributed by atoms with Crippen LogP contribution in [0.1, 0.15) is 33.6 Å². The molecule has 2 atom stereocenters. The van der Waals surface area contributed by atoms with E-state index in [2.05, 4.69) is 5.32 Å². The van der Waals surface area contributed by atoms with Gasteiger partial charge in [-0.15, -0.1) is 3.89 Å². The quantitative estimate of drug-likeness (QED) is 0.635. The van der Waals surface area contributed by atoms with E-state index in [1.807, 2.05) is 0 Å². The first kappa shape index (κ1) is 16.8. The van der Waals surface area contributed by atoms with Crippen molar-refractivity contribution in [3.8, 4) is 0 Å². The van der Waals surface area contributed by atoms with Crippen LogP contribution in [-0.4, -0.2) is 29.8 Å². The summed E-state index contributed by atoms with van der Waals surface area (Å²) < 4.78 is 37.2. The molecule has 0 spiro atoms. The zero-order chi connectivity index (χ0) is 15.1. The highest BCUT2D eigenvalue weighted by atomic mass is 35.5. The standard InChI is InChI=1S/C10H16Cl2FNO4S/c1-9(2,3)18-8(15)14-7-5-4-6(7)10(11,12)19(13,16)17/h6-7H,4-5H2,1-3H3,(H,14,15). The number of nitrogens with one attached hydrogen (secondary N) is 1. The Hall–Kier alpha value is -0.270. The summed E-state index contributed by atoms with van der Waals surface area (Å²) in [6.45, 7) is 5.05. The maximum atomic E-state index is 13.0. The lowest BCUT2D eigenvalue weighted by Gasteiger charge is -2.41. The van der Waals surface area contributed by atoms with E-state index < -0.39 is 37.5 Å². The van der Waals surface area contributed by atoms with E-state index in [1.165, 1.54) is 0 Å². The molecule has 112 valence electrons. The second-order valence-electron chi connectivity index (χ2n) is 5.44. The van der Waals surface area contributed by atoms with Gasteiger partial charge in [0.2, 0.25) is 0 Å². The molecule has 1 N–H and O–H groups in total. The average molecular weight is 336 g/mol. The minimum atomic E-state index is -5.13. The predicted molar refractivity (Wildman–Crippen MR) is 70.3 cm³/mol. The van der Waals surface area contributed by atoms with Crippen molar-refractivity contribution in [2.75, 3.05) is 0 Å². The van der Waals surface area contributed by atoms with Crippen LogP contribution in [0.3, 0.4) is 0 Å². The van der Waals surface area contributed by atoms with Crippen LogP contribution < -0.4 is 5.32 Å². The first-order valence-corrected chi connectivity index (χ1v) is 7.80. The monoisotopic (exact) mass is 335 g/mol. The van der Waals surface area contributed by atoms with Crippen molar-refractivity contribution in [1.29, 1.82) is 0 Å². The lowest BCUT2D eigenvalue weighted by Crippen LogP contribution is -2.55. The summed E-state index contributed by atoms with van der Waals surface area (Å²) >= 11 is 11.1. The van der Waals surface area contributed by atoms with Crippen LogP contribution in [0, 0.1) is 5.92 Å². The Morgan fingerprint density at radius 1 is 1.32 bits per heavy atom. The molecule has 9 heteroatoms. The molecule has 2 unspecified atom stereocenters. The fourth-order valence-electron chi connectivity index (χ4n) is 1.71. The smallest absolute Gasteiger partial charge is 0.407 e. The van der Waals surface area contributed by atoms with Gasteiger partial charge in [0.15, 0.2) is 0 Å². The van der Waals surface area contributed by atoms with Gasteiger partial charge >= 0.3 is 16.3 Å². The van der Waals surface area contributed by atoms with Gasteiger partial charge in [-0.05, 0) is 33.6 Å². The van der Waals surface area contributed by atoms with Gasteiger partial charge in [0.25, 0.3) is 3.67 Å². The molecule has 1 aliphatic rings. The van der Waals surface area contributed by atoms with E-state index in [4.69, 9.17) is 27.9 Å². The Morgan fingerprint density at radius 2 is 1.84 bits per heavy atom. The van der Waals surface area contributed by atoms with Crippen molar-refractivity contribution in [3.63, 3.8) is 0 Å². The number of rotatable bonds is 3. The van der Waals surface area contributed by atoms with Crippen LogP contribution in [0.4, 0.5) is 8.68 Å². The first-order chi connectivity index (χ1) is 8.34. The van der Waals surface area contributed by atoms with Gasteiger partial charge in [-0.3, -0.25) is 0 Å². The van der Waals surface area contributed by atoms with Gasteiger partial charge in [-0.2, -0.15) is 8.42 Å². The lowest BCUT2D eigenvalue weighted by atomic mass is 9.80. The van der Waals surface area contributed by atoms with E-state index in [1.54, 1.807) is 20.8 Å². The molecule has 1 amide bonds. The van der Waals surface area contributed by atoms with E-state index >= 15 is 0 Å². The molecular formula is C10H16Cl2FNO4S. The molecule has 0 aliphatic heterocycles. The van der Waals surface area contributed by atoms with E-state index in [0.29, 0.717) is 12.8 Å². The highest BCUT2D eigenvalue weighted by Gasteiger charge is 2.55. The molecule has 1 saturated carbocycles. The largest absolute Gasteiger partial charge is 0.444 e. The molecule has 19 heavy (non-hydrogen) atoms. The van der Waals surface area contributed by atoms with Crippen molar-refractivity contribution in [2.45, 2.75) is 48.9 Å². The molecule has 0 aromatic carbocycles. The molecule has 0 heterocycles. The van der Waals surface area contributed by atoms with Crippen molar-refractivity contribution >= 4 is 39.5 Å². The number of amides is 1. The second kappa shape index (κ2) is 5.26. The molecule has 0 aromatic heterocycles. The SMILES string of the molecule is CC(C)(C)OC(=O)NC1CCC1C(Cl)(Cl)S(=O)(=O)F. The number of alkyl halides is 2. The fourth-order valence-corrected chi connectivity index (χ4v) is 2.88. The van der Waals surface area contributed by atoms with Gasteiger partial charge in [0, 0.05) is 12.0 Å². The average Bonchev–Trinajstić information content (AvgIpc) is 2.06. The Balaban J connectivity index is 2.66. The van der Waals surface area contributed by atoms with Gasteiger partial charge in [0.05, 0.1) is 0 Å². The maximum Gasteiger partial charge on any atom is 0.407 e. The van der Waals surface area contributed by atoms with Crippen LogP contribution in [0.5, 0.6) is 0 Å². The summed E-state index contributed by atoms with van der Waals surface area (Å²) in [4.78, 5) is 11.5. The molecule has 0 saturated heterocycles. The molecule has 1 aliphatic carbocycles. The third-order valence-electron chi connectivity index (χ3n) is 2.73. The molecule has 0 aromatic rings. The zero-order valence-electron chi connectivity index (χ0n) is 10.7. The third kappa shape index (κ3) is 4.10. The third-order valence-corrected chi connectivity index (χ3v) is 5.35. The highest BCUT2D eigenvalue weighted by Crippen LogP contribution is 2.47. The van der Waals surface area contributed by atoms with E-state index in [0.717, 1.165) is 0 Å². The maximum absolute atomic E-state index is 13.0. The minimum Gasteiger partial charge on any atom is -0.444 e. The summed E-state index contributed by atoms with van der Waals surface area (Å²) in [6, 6.07) is -0.629. The summed E-state index contributed by atoms with van der Waals surface area (Å²) in [5.74, 6) is -0.904. The number of hydrogen-bond donors (Lipinski definition) is 1. The first-order valence-electron chi connectivity index (χ1n) is 5.66. The molecule has 0 radical (unpaired) electrons. The van der Waals surface area contributed by atoms with Crippen molar-refractivity contribution in [1.82, 2.24) is 5.32 Å². The Labute approximate surface area is 122 Å². The highest BCUT2D eigenvalue weighted by molar-refractivity contribution is 7.90. The summed E-state index contributed by atoms with van der Waals surface area (Å²) in [7, 11) is -5.13. The van der Waals surface area contributed by atoms with Crippen LogP contribution in [0.15, 0.2) is 0 Å². The normalized spacial score (nSPS) is 24.5. The number of carbonyl (C=O) groups is 1. The van der Waals surface area contributed by atoms with E-state index in [-0.39, 0.29) is 0 Å². The predicted octanol–water partition coefficient (Wildman–Crippen LogP) is 2.72. The molecular weight excluding hydrogens is 320 g/mol. The van der Waals surface area contributed by atoms with E-state index in [9.17, 15) is 17.1 Å². The van der Waals surface area contributed by atoms with Crippen molar-refractivity contribution in [3.05, 3.63) is 0 Å². The summed E-state index contributed by atoms with van der Waals surface area (Å²) in [5.41, 5.74) is -0.686.